The van der Waals surface area contributed by atoms with Crippen LogP contribution in [0.4, 0.5) is 0 Å². The Bertz CT molecular complexity index is 1420. The first-order valence-electron chi connectivity index (χ1n) is 26.6. The lowest BCUT2D eigenvalue weighted by Gasteiger charge is -2.18. The van der Waals surface area contributed by atoms with E-state index in [0.29, 0.717) is 19.3 Å². The molecule has 372 valence electrons. The van der Waals surface area contributed by atoms with Crippen LogP contribution in [0.3, 0.4) is 0 Å². The molecular formula is C60H96O6. The summed E-state index contributed by atoms with van der Waals surface area (Å²) >= 11 is 0. The Kier molecular flexibility index (Phi) is 50.0. The van der Waals surface area contributed by atoms with Crippen molar-refractivity contribution in [2.24, 2.45) is 0 Å². The Labute approximate surface area is 405 Å². The molecule has 0 amide bonds. The average Bonchev–Trinajstić information content (AvgIpc) is 3.31. The molecule has 0 heterocycles. The lowest BCUT2D eigenvalue weighted by Crippen LogP contribution is -2.30. The van der Waals surface area contributed by atoms with Gasteiger partial charge in [-0.1, -0.05) is 213 Å². The largest absolute Gasteiger partial charge is 0.462 e. The van der Waals surface area contributed by atoms with Crippen molar-refractivity contribution in [1.82, 2.24) is 0 Å². The van der Waals surface area contributed by atoms with Crippen LogP contribution in [0.25, 0.3) is 0 Å². The SMILES string of the molecule is CC\C=C/C=C\C=C/C=C\CCCCCC(=O)OCC(COC(=O)CCCCC/C=C\C/C=C\C/C=C\C/C=C\C/C=C\CC)OC(=O)CCCCCCC/C=C\CCCCCCCCC. The summed E-state index contributed by atoms with van der Waals surface area (Å²) in [6.07, 6.45) is 73.3. The summed E-state index contributed by atoms with van der Waals surface area (Å²) in [4.78, 5) is 38.0. The van der Waals surface area contributed by atoms with Gasteiger partial charge in [-0.05, 0) is 109 Å². The Hall–Kier alpha value is -4.19. The molecule has 0 aromatic rings. The highest BCUT2D eigenvalue weighted by molar-refractivity contribution is 5.71. The van der Waals surface area contributed by atoms with E-state index >= 15 is 0 Å². The zero-order valence-electron chi connectivity index (χ0n) is 42.4. The van der Waals surface area contributed by atoms with Crippen molar-refractivity contribution in [2.45, 2.75) is 226 Å². The predicted octanol–water partition coefficient (Wildman–Crippen LogP) is 17.7. The molecule has 66 heavy (non-hydrogen) atoms. The first-order valence-corrected chi connectivity index (χ1v) is 26.6. The van der Waals surface area contributed by atoms with E-state index in [2.05, 4.69) is 106 Å². The standard InChI is InChI=1S/C60H96O6/c1-4-7-10-13-16-19-22-25-27-29-30-31-33-35-38-41-44-47-50-53-59(62)65-56-57(55-64-58(61)52-49-46-43-40-37-34-24-21-18-15-12-9-6-3)66-60(63)54-51-48-45-42-39-36-32-28-26-23-20-17-14-11-8-5-2/h7,9-10,12,15-16,18-19,21,24-25,27-28,30-32,34-35,37-38,57H,4-6,8,11,13-14,17,20,22-23,26,29,33,36,39-56H2,1-3H3/b10-7-,12-9-,18-15-,19-16-,24-21-,27-25-,31-30-,32-28-,37-34-,38-35-. The smallest absolute Gasteiger partial charge is 0.306 e. The molecular weight excluding hydrogens is 817 g/mol. The van der Waals surface area contributed by atoms with Gasteiger partial charge in [-0.15, -0.1) is 0 Å². The zero-order chi connectivity index (χ0) is 47.9. The summed E-state index contributed by atoms with van der Waals surface area (Å²) in [6, 6.07) is 0. The second-order valence-corrected chi connectivity index (χ2v) is 17.1. The fourth-order valence-corrected chi connectivity index (χ4v) is 6.83. The van der Waals surface area contributed by atoms with Crippen LogP contribution in [0.5, 0.6) is 0 Å². The van der Waals surface area contributed by atoms with Gasteiger partial charge in [0, 0.05) is 19.3 Å². The number of allylic oxidation sites excluding steroid dienone is 20. The van der Waals surface area contributed by atoms with E-state index in [1.807, 2.05) is 36.5 Å². The van der Waals surface area contributed by atoms with Crippen LogP contribution >= 0.6 is 0 Å². The van der Waals surface area contributed by atoms with Gasteiger partial charge < -0.3 is 14.2 Å². The minimum atomic E-state index is -0.815. The Morgan fingerprint density at radius 2 is 0.667 bits per heavy atom. The van der Waals surface area contributed by atoms with Crippen molar-refractivity contribution < 1.29 is 28.6 Å². The monoisotopic (exact) mass is 913 g/mol. The molecule has 0 aliphatic rings. The minimum Gasteiger partial charge on any atom is -0.462 e. The number of rotatable bonds is 46. The molecule has 0 aliphatic heterocycles. The highest BCUT2D eigenvalue weighted by Crippen LogP contribution is 2.13. The topological polar surface area (TPSA) is 78.9 Å². The summed E-state index contributed by atoms with van der Waals surface area (Å²) in [6.45, 7) is 6.30. The van der Waals surface area contributed by atoms with E-state index < -0.39 is 6.10 Å². The van der Waals surface area contributed by atoms with Crippen LogP contribution in [0.1, 0.15) is 220 Å². The van der Waals surface area contributed by atoms with E-state index in [0.717, 1.165) is 122 Å². The molecule has 1 unspecified atom stereocenters. The van der Waals surface area contributed by atoms with Gasteiger partial charge in [0.05, 0.1) is 0 Å². The van der Waals surface area contributed by atoms with E-state index in [9.17, 15) is 14.4 Å². The van der Waals surface area contributed by atoms with E-state index in [1.54, 1.807) is 0 Å². The molecule has 0 saturated heterocycles. The lowest BCUT2D eigenvalue weighted by atomic mass is 10.1. The molecule has 0 saturated carbocycles. The normalized spacial score (nSPS) is 13.1. The molecule has 6 heteroatoms. The Morgan fingerprint density at radius 3 is 1.14 bits per heavy atom. The molecule has 0 radical (unpaired) electrons. The number of carbonyl (C=O) groups is 3. The van der Waals surface area contributed by atoms with Gasteiger partial charge in [0.25, 0.3) is 0 Å². The van der Waals surface area contributed by atoms with E-state index in [4.69, 9.17) is 14.2 Å². The maximum absolute atomic E-state index is 12.8. The molecule has 0 bridgehead atoms. The average molecular weight is 913 g/mol. The van der Waals surface area contributed by atoms with Gasteiger partial charge >= 0.3 is 17.9 Å². The van der Waals surface area contributed by atoms with Gasteiger partial charge in [0.2, 0.25) is 0 Å². The quantitative estimate of drug-likeness (QED) is 0.0199. The second kappa shape index (κ2) is 53.4. The third kappa shape index (κ3) is 50.8. The van der Waals surface area contributed by atoms with E-state index in [-0.39, 0.29) is 31.1 Å². The van der Waals surface area contributed by atoms with Crippen LogP contribution in [-0.2, 0) is 28.6 Å². The van der Waals surface area contributed by atoms with Crippen molar-refractivity contribution >= 4 is 17.9 Å². The molecule has 1 atom stereocenters. The van der Waals surface area contributed by atoms with Gasteiger partial charge in [0.15, 0.2) is 6.10 Å². The maximum Gasteiger partial charge on any atom is 0.306 e. The first kappa shape index (κ1) is 61.8. The van der Waals surface area contributed by atoms with Crippen molar-refractivity contribution in [2.75, 3.05) is 13.2 Å². The molecule has 0 rings (SSSR count). The summed E-state index contributed by atoms with van der Waals surface area (Å²) < 4.78 is 16.7. The van der Waals surface area contributed by atoms with Gasteiger partial charge in [0.1, 0.15) is 13.2 Å². The van der Waals surface area contributed by atoms with Crippen LogP contribution < -0.4 is 0 Å². The summed E-state index contributed by atoms with van der Waals surface area (Å²) in [5, 5.41) is 0. The van der Waals surface area contributed by atoms with Crippen molar-refractivity contribution in [1.29, 1.82) is 0 Å². The highest BCUT2D eigenvalue weighted by atomic mass is 16.6. The molecule has 0 N–H and O–H groups in total. The number of carbonyl (C=O) groups excluding carboxylic acids is 3. The number of hydrogen-bond acceptors (Lipinski definition) is 6. The molecule has 0 aromatic heterocycles. The van der Waals surface area contributed by atoms with Crippen molar-refractivity contribution in [3.05, 3.63) is 122 Å². The lowest BCUT2D eigenvalue weighted by molar-refractivity contribution is -0.167. The van der Waals surface area contributed by atoms with Crippen LogP contribution in [0.15, 0.2) is 122 Å². The fourth-order valence-electron chi connectivity index (χ4n) is 6.83. The molecule has 6 nitrogen and oxygen atoms in total. The second-order valence-electron chi connectivity index (χ2n) is 17.1. The maximum atomic E-state index is 12.8. The Balaban J connectivity index is 4.52. The van der Waals surface area contributed by atoms with Crippen molar-refractivity contribution in [3.63, 3.8) is 0 Å². The van der Waals surface area contributed by atoms with Crippen LogP contribution in [0.2, 0.25) is 0 Å². The third-order valence-corrected chi connectivity index (χ3v) is 10.8. The third-order valence-electron chi connectivity index (χ3n) is 10.8. The zero-order valence-corrected chi connectivity index (χ0v) is 42.4. The molecule has 0 aliphatic carbocycles. The molecule has 0 aromatic carbocycles. The number of unbranched alkanes of at least 4 members (excludes halogenated alkanes) is 18. The van der Waals surface area contributed by atoms with E-state index in [1.165, 1.54) is 57.8 Å². The number of hydrogen-bond donors (Lipinski definition) is 0. The van der Waals surface area contributed by atoms with Crippen LogP contribution in [-0.4, -0.2) is 37.2 Å². The summed E-state index contributed by atoms with van der Waals surface area (Å²) in [5.41, 5.74) is 0. The van der Waals surface area contributed by atoms with Gasteiger partial charge in [-0.2, -0.15) is 0 Å². The number of ether oxygens (including phenoxy) is 3. The number of esters is 3. The predicted molar refractivity (Wildman–Crippen MR) is 283 cm³/mol. The molecule has 0 spiro atoms. The van der Waals surface area contributed by atoms with Gasteiger partial charge in [-0.3, -0.25) is 14.4 Å². The van der Waals surface area contributed by atoms with Crippen molar-refractivity contribution in [3.8, 4) is 0 Å². The summed E-state index contributed by atoms with van der Waals surface area (Å²) in [5.74, 6) is -0.998. The highest BCUT2D eigenvalue weighted by Gasteiger charge is 2.19. The van der Waals surface area contributed by atoms with Gasteiger partial charge in [-0.25, -0.2) is 0 Å². The Morgan fingerprint density at radius 1 is 0.333 bits per heavy atom. The fraction of sp³-hybridized carbons (Fsp3) is 0.617. The first-order chi connectivity index (χ1) is 32.5. The van der Waals surface area contributed by atoms with Crippen LogP contribution in [0, 0.1) is 0 Å². The molecule has 0 fully saturated rings. The summed E-state index contributed by atoms with van der Waals surface area (Å²) in [7, 11) is 0. The minimum absolute atomic E-state index is 0.115.